The minimum Gasteiger partial charge on any atom is -0.378 e. The van der Waals surface area contributed by atoms with Crippen LogP contribution in [0.25, 0.3) is 0 Å². The maximum Gasteiger partial charge on any atom is 0.460 e. The van der Waals surface area contributed by atoms with Crippen LogP contribution in [0.5, 0.6) is 5.75 Å². The molecule has 0 unspecified atom stereocenters. The quantitative estimate of drug-likeness (QED) is 0.531. The van der Waals surface area contributed by atoms with Crippen LogP contribution in [0.15, 0.2) is 24.3 Å². The van der Waals surface area contributed by atoms with Gasteiger partial charge in [-0.15, -0.1) is 0 Å². The molecule has 0 fully saturated rings. The summed E-state index contributed by atoms with van der Waals surface area (Å²) in [6.45, 7) is 0. The van der Waals surface area contributed by atoms with Crippen LogP contribution >= 0.6 is 11.6 Å². The third kappa shape index (κ3) is 3.23. The molecule has 138 valence electrons. The van der Waals surface area contributed by atoms with E-state index in [-0.39, 0.29) is 5.02 Å². The molecule has 0 N–H and O–H groups in total. The lowest BCUT2D eigenvalue weighted by atomic mass is 10.1. The van der Waals surface area contributed by atoms with Gasteiger partial charge >= 0.3 is 33.4 Å². The summed E-state index contributed by atoms with van der Waals surface area (Å²) in [6.07, 6.45) is -7.15. The standard InChI is InChI=1S/C10H4ClF9O3S/c11-5-2-1-3-6(4-5)23-24(21,22)10(19,20)8(14,15)7(12,13)9(16,17)18/h1-4H. The van der Waals surface area contributed by atoms with Crippen LogP contribution < -0.4 is 4.18 Å². The fourth-order valence-electron chi connectivity index (χ4n) is 1.22. The lowest BCUT2D eigenvalue weighted by Gasteiger charge is -2.32. The van der Waals surface area contributed by atoms with E-state index in [0.717, 1.165) is 12.1 Å². The molecule has 0 bridgehead atoms. The molecule has 24 heavy (non-hydrogen) atoms. The van der Waals surface area contributed by atoms with Crippen molar-refractivity contribution in [3.63, 3.8) is 0 Å². The maximum absolute atomic E-state index is 13.3. The molecule has 0 atom stereocenters. The molecule has 0 saturated heterocycles. The summed E-state index contributed by atoms with van der Waals surface area (Å²) in [4.78, 5) is 0. The number of hydrogen-bond donors (Lipinski definition) is 0. The summed E-state index contributed by atoms with van der Waals surface area (Å²) >= 11 is 5.33. The van der Waals surface area contributed by atoms with Crippen molar-refractivity contribution in [1.29, 1.82) is 0 Å². The number of benzene rings is 1. The Hall–Kier alpha value is -1.37. The molecule has 0 spiro atoms. The monoisotopic (exact) mass is 410 g/mol. The van der Waals surface area contributed by atoms with Gasteiger partial charge in [0.15, 0.2) is 0 Å². The molecule has 0 amide bonds. The van der Waals surface area contributed by atoms with E-state index in [0.29, 0.717) is 12.1 Å². The highest BCUT2D eigenvalue weighted by atomic mass is 35.5. The van der Waals surface area contributed by atoms with E-state index in [1.54, 1.807) is 0 Å². The Morgan fingerprint density at radius 3 is 1.79 bits per heavy atom. The van der Waals surface area contributed by atoms with Gasteiger partial charge < -0.3 is 4.18 Å². The first-order valence-corrected chi connectivity index (χ1v) is 7.16. The van der Waals surface area contributed by atoms with Gasteiger partial charge in [-0.25, -0.2) is 0 Å². The maximum atomic E-state index is 13.3. The Balaban J connectivity index is 3.35. The van der Waals surface area contributed by atoms with Crippen LogP contribution in [-0.2, 0) is 10.1 Å². The Labute approximate surface area is 133 Å². The Morgan fingerprint density at radius 2 is 1.38 bits per heavy atom. The highest BCUT2D eigenvalue weighted by Crippen LogP contribution is 2.54. The summed E-state index contributed by atoms with van der Waals surface area (Å²) in [5, 5.41) is -7.24. The summed E-state index contributed by atoms with van der Waals surface area (Å²) < 4.78 is 140. The van der Waals surface area contributed by atoms with E-state index in [1.165, 1.54) is 0 Å². The third-order valence-electron chi connectivity index (χ3n) is 2.43. The second-order valence-electron chi connectivity index (χ2n) is 4.16. The van der Waals surface area contributed by atoms with Crippen molar-refractivity contribution in [2.75, 3.05) is 0 Å². The van der Waals surface area contributed by atoms with Crippen LogP contribution in [0.2, 0.25) is 5.02 Å². The second kappa shape index (κ2) is 5.86. The summed E-state index contributed by atoms with van der Waals surface area (Å²) in [5.74, 6) is -15.8. The van der Waals surface area contributed by atoms with Gasteiger partial charge in [-0.1, -0.05) is 17.7 Å². The Kier molecular flexibility index (Phi) is 5.05. The lowest BCUT2D eigenvalue weighted by molar-refractivity contribution is -0.382. The van der Waals surface area contributed by atoms with Gasteiger partial charge in [0.25, 0.3) is 0 Å². The topological polar surface area (TPSA) is 43.4 Å². The van der Waals surface area contributed by atoms with Crippen molar-refractivity contribution in [3.05, 3.63) is 29.3 Å². The molecular weight excluding hydrogens is 407 g/mol. The third-order valence-corrected chi connectivity index (χ3v) is 3.96. The fraction of sp³-hybridized carbons (Fsp3) is 0.400. The van der Waals surface area contributed by atoms with Crippen LogP contribution in [0.4, 0.5) is 39.5 Å². The predicted molar refractivity (Wildman–Crippen MR) is 61.9 cm³/mol. The minimum absolute atomic E-state index is 0.321. The van der Waals surface area contributed by atoms with Crippen molar-refractivity contribution in [3.8, 4) is 5.75 Å². The zero-order valence-electron chi connectivity index (χ0n) is 10.7. The molecular formula is C10H4ClF9O3S. The molecule has 0 saturated carbocycles. The summed E-state index contributed by atoms with van der Waals surface area (Å²) in [5.41, 5.74) is 0. The smallest absolute Gasteiger partial charge is 0.378 e. The predicted octanol–water partition coefficient (Wildman–Crippen LogP) is 4.47. The van der Waals surface area contributed by atoms with E-state index in [2.05, 4.69) is 4.18 Å². The van der Waals surface area contributed by atoms with Gasteiger partial charge in [-0.3, -0.25) is 0 Å². The number of rotatable bonds is 5. The van der Waals surface area contributed by atoms with Crippen molar-refractivity contribution >= 4 is 21.7 Å². The van der Waals surface area contributed by atoms with Crippen molar-refractivity contribution in [1.82, 2.24) is 0 Å². The molecule has 0 aromatic heterocycles. The van der Waals surface area contributed by atoms with Crippen LogP contribution in [0.3, 0.4) is 0 Å². The Bertz CT molecular complexity index is 715. The first-order chi connectivity index (χ1) is 10.5. The lowest BCUT2D eigenvalue weighted by Crippen LogP contribution is -2.63. The largest absolute Gasteiger partial charge is 0.460 e. The minimum atomic E-state index is -7.35. The average molecular weight is 411 g/mol. The number of alkyl halides is 9. The van der Waals surface area contributed by atoms with E-state index >= 15 is 0 Å². The fourth-order valence-corrected chi connectivity index (χ4v) is 2.30. The number of halogens is 10. The summed E-state index contributed by atoms with van der Waals surface area (Å²) in [7, 11) is -6.95. The SMILES string of the molecule is O=S(=O)(Oc1cccc(Cl)c1)C(F)(F)C(F)(F)C(F)(F)C(F)(F)F. The summed E-state index contributed by atoms with van der Waals surface area (Å²) in [6, 6.07) is 3.12. The van der Waals surface area contributed by atoms with Gasteiger partial charge in [0.1, 0.15) is 5.75 Å². The van der Waals surface area contributed by atoms with Gasteiger partial charge in [0.05, 0.1) is 0 Å². The molecule has 0 aliphatic carbocycles. The van der Waals surface area contributed by atoms with Crippen LogP contribution in [-0.4, -0.2) is 31.7 Å². The van der Waals surface area contributed by atoms with Crippen LogP contribution in [0, 0.1) is 0 Å². The number of hydrogen-bond acceptors (Lipinski definition) is 3. The zero-order chi connectivity index (χ0) is 19.2. The van der Waals surface area contributed by atoms with Crippen LogP contribution in [0.1, 0.15) is 0 Å². The van der Waals surface area contributed by atoms with Crippen molar-refractivity contribution in [2.45, 2.75) is 23.3 Å². The normalized spacial score (nSPS) is 14.6. The molecule has 1 aromatic carbocycles. The van der Waals surface area contributed by atoms with Gasteiger partial charge in [0.2, 0.25) is 0 Å². The van der Waals surface area contributed by atoms with E-state index < -0.39 is 39.1 Å². The van der Waals surface area contributed by atoms with E-state index in [4.69, 9.17) is 11.6 Å². The molecule has 0 heterocycles. The van der Waals surface area contributed by atoms with Gasteiger partial charge in [0, 0.05) is 11.1 Å². The van der Waals surface area contributed by atoms with E-state index in [9.17, 15) is 47.9 Å². The Morgan fingerprint density at radius 1 is 0.875 bits per heavy atom. The highest BCUT2D eigenvalue weighted by molar-refractivity contribution is 7.88. The first kappa shape index (κ1) is 20.7. The molecule has 3 nitrogen and oxygen atoms in total. The average Bonchev–Trinajstić information content (AvgIpc) is 2.36. The first-order valence-electron chi connectivity index (χ1n) is 5.37. The zero-order valence-corrected chi connectivity index (χ0v) is 12.3. The second-order valence-corrected chi connectivity index (χ2v) is 6.18. The molecule has 1 aromatic rings. The van der Waals surface area contributed by atoms with Crippen molar-refractivity contribution < 1.29 is 52.1 Å². The van der Waals surface area contributed by atoms with Gasteiger partial charge in [-0.05, 0) is 12.1 Å². The molecule has 1 rings (SSSR count). The van der Waals surface area contributed by atoms with Gasteiger partial charge in [-0.2, -0.15) is 47.9 Å². The molecule has 14 heteroatoms. The van der Waals surface area contributed by atoms with Crippen molar-refractivity contribution in [2.24, 2.45) is 0 Å². The molecule has 0 aliphatic rings. The molecule has 0 aliphatic heterocycles. The van der Waals surface area contributed by atoms with E-state index in [1.807, 2.05) is 0 Å². The molecule has 0 radical (unpaired) electrons. The highest BCUT2D eigenvalue weighted by Gasteiger charge is 2.86.